The Morgan fingerprint density at radius 1 is 1.21 bits per heavy atom. The highest BCUT2D eigenvalue weighted by atomic mass is 79.9. The third-order valence-corrected chi connectivity index (χ3v) is 4.14. The smallest absolute Gasteiger partial charge is 0.0953 e. The van der Waals surface area contributed by atoms with Gasteiger partial charge in [-0.15, -0.1) is 0 Å². The number of hydrogen-bond acceptors (Lipinski definition) is 2. The second kappa shape index (κ2) is 7.41. The van der Waals surface area contributed by atoms with Gasteiger partial charge in [0.1, 0.15) is 0 Å². The molecule has 1 saturated carbocycles. The monoisotopic (exact) mass is 325 g/mol. The Bertz CT molecular complexity index is 371. The van der Waals surface area contributed by atoms with Gasteiger partial charge in [-0.2, -0.15) is 0 Å². The summed E-state index contributed by atoms with van der Waals surface area (Å²) in [4.78, 5) is 0. The average Bonchev–Trinajstić information content (AvgIpc) is 2.88. The van der Waals surface area contributed by atoms with E-state index in [0.29, 0.717) is 12.1 Å². The summed E-state index contributed by atoms with van der Waals surface area (Å²) in [6.45, 7) is 5.23. The predicted octanol–water partition coefficient (Wildman–Crippen LogP) is 4.45. The molecule has 1 atom stereocenters. The minimum absolute atomic E-state index is 0.165. The molecule has 1 aliphatic rings. The lowest BCUT2D eigenvalue weighted by molar-refractivity contribution is -0.00958. The first-order valence-electron chi connectivity index (χ1n) is 7.29. The van der Waals surface area contributed by atoms with Crippen LogP contribution >= 0.6 is 15.9 Å². The summed E-state index contributed by atoms with van der Waals surface area (Å²) in [5, 5.41) is 3.50. The Morgan fingerprint density at radius 3 is 2.42 bits per heavy atom. The van der Waals surface area contributed by atoms with Gasteiger partial charge in [0.15, 0.2) is 0 Å². The molecule has 1 unspecified atom stereocenters. The molecule has 0 bridgehead atoms. The number of rotatable bonds is 6. The maximum Gasteiger partial charge on any atom is 0.0953 e. The summed E-state index contributed by atoms with van der Waals surface area (Å²) < 4.78 is 7.43. The number of nitrogens with one attached hydrogen (secondary N) is 1. The van der Waals surface area contributed by atoms with Crippen molar-refractivity contribution in [3.63, 3.8) is 0 Å². The molecule has 0 radical (unpaired) electrons. The minimum Gasteiger partial charge on any atom is -0.369 e. The number of hydrogen-bond donors (Lipinski definition) is 1. The fourth-order valence-electron chi connectivity index (χ4n) is 2.52. The fourth-order valence-corrected chi connectivity index (χ4v) is 2.79. The van der Waals surface area contributed by atoms with E-state index < -0.39 is 0 Å². The zero-order valence-corrected chi connectivity index (χ0v) is 13.4. The van der Waals surface area contributed by atoms with E-state index in [1.54, 1.807) is 0 Å². The highest BCUT2D eigenvalue weighted by Gasteiger charge is 2.21. The molecule has 2 nitrogen and oxygen atoms in total. The van der Waals surface area contributed by atoms with Crippen LogP contribution < -0.4 is 5.32 Å². The van der Waals surface area contributed by atoms with Crippen LogP contribution in [-0.4, -0.2) is 18.7 Å². The summed E-state index contributed by atoms with van der Waals surface area (Å²) in [5.41, 5.74) is 1.27. The Kier molecular flexibility index (Phi) is 5.86. The van der Waals surface area contributed by atoms with Crippen molar-refractivity contribution in [3.8, 4) is 0 Å². The van der Waals surface area contributed by atoms with Crippen molar-refractivity contribution in [3.05, 3.63) is 34.3 Å². The molecule has 106 valence electrons. The van der Waals surface area contributed by atoms with Crippen LogP contribution in [0.3, 0.4) is 0 Å². The molecule has 2 rings (SSSR count). The van der Waals surface area contributed by atoms with Gasteiger partial charge in [0.2, 0.25) is 0 Å². The van der Waals surface area contributed by atoms with Crippen molar-refractivity contribution in [1.29, 1.82) is 0 Å². The normalized spacial score (nSPS) is 18.1. The lowest BCUT2D eigenvalue weighted by Crippen LogP contribution is -2.30. The van der Waals surface area contributed by atoms with E-state index in [2.05, 4.69) is 59.4 Å². The van der Waals surface area contributed by atoms with E-state index in [0.717, 1.165) is 11.0 Å². The minimum atomic E-state index is 0.165. The first-order chi connectivity index (χ1) is 9.15. The van der Waals surface area contributed by atoms with Gasteiger partial charge < -0.3 is 10.1 Å². The second-order valence-corrected chi connectivity index (χ2v) is 6.56. The highest BCUT2D eigenvalue weighted by molar-refractivity contribution is 9.10. The Balaban J connectivity index is 2.01. The van der Waals surface area contributed by atoms with Gasteiger partial charge in [0, 0.05) is 17.1 Å². The van der Waals surface area contributed by atoms with Crippen LogP contribution in [0.2, 0.25) is 0 Å². The Labute approximate surface area is 125 Å². The topological polar surface area (TPSA) is 21.3 Å². The van der Waals surface area contributed by atoms with E-state index >= 15 is 0 Å². The summed E-state index contributed by atoms with van der Waals surface area (Å²) in [7, 11) is 0. The molecule has 1 fully saturated rings. The van der Waals surface area contributed by atoms with Gasteiger partial charge in [0.05, 0.1) is 12.2 Å². The van der Waals surface area contributed by atoms with Crippen molar-refractivity contribution in [1.82, 2.24) is 5.32 Å². The average molecular weight is 326 g/mol. The third-order valence-electron chi connectivity index (χ3n) is 3.61. The maximum atomic E-state index is 6.31. The molecule has 3 heteroatoms. The van der Waals surface area contributed by atoms with Crippen molar-refractivity contribution in [2.45, 2.75) is 57.8 Å². The van der Waals surface area contributed by atoms with Crippen LogP contribution in [0.5, 0.6) is 0 Å². The first-order valence-corrected chi connectivity index (χ1v) is 8.09. The van der Waals surface area contributed by atoms with Gasteiger partial charge in [-0.1, -0.05) is 54.8 Å². The number of benzene rings is 1. The lowest BCUT2D eigenvalue weighted by Gasteiger charge is -2.24. The molecule has 1 N–H and O–H groups in total. The number of ether oxygens (including phenoxy) is 1. The van der Waals surface area contributed by atoms with Crippen LogP contribution in [0.4, 0.5) is 0 Å². The molecule has 1 aliphatic carbocycles. The SMILES string of the molecule is CC(C)NCC(OC1CCCC1)c1ccc(Br)cc1. The summed E-state index contributed by atoms with van der Waals surface area (Å²) >= 11 is 3.49. The maximum absolute atomic E-state index is 6.31. The van der Waals surface area contributed by atoms with Crippen molar-refractivity contribution < 1.29 is 4.74 Å². The van der Waals surface area contributed by atoms with Crippen LogP contribution in [0, 0.1) is 0 Å². The molecule has 0 amide bonds. The van der Waals surface area contributed by atoms with Crippen molar-refractivity contribution in [2.24, 2.45) is 0 Å². The lowest BCUT2D eigenvalue weighted by atomic mass is 10.1. The number of halogens is 1. The molecule has 1 aromatic carbocycles. The molecular weight excluding hydrogens is 302 g/mol. The van der Waals surface area contributed by atoms with Gasteiger partial charge >= 0.3 is 0 Å². The summed E-state index contributed by atoms with van der Waals surface area (Å²) in [6.07, 6.45) is 5.68. The van der Waals surface area contributed by atoms with E-state index in [1.807, 2.05) is 0 Å². The van der Waals surface area contributed by atoms with E-state index in [4.69, 9.17) is 4.74 Å². The fraction of sp³-hybridized carbons (Fsp3) is 0.625. The predicted molar refractivity (Wildman–Crippen MR) is 83.4 cm³/mol. The van der Waals surface area contributed by atoms with E-state index in [9.17, 15) is 0 Å². The summed E-state index contributed by atoms with van der Waals surface area (Å²) in [6, 6.07) is 8.99. The molecule has 0 saturated heterocycles. The van der Waals surface area contributed by atoms with Crippen molar-refractivity contribution in [2.75, 3.05) is 6.54 Å². The zero-order valence-electron chi connectivity index (χ0n) is 11.9. The molecule has 0 aromatic heterocycles. The Morgan fingerprint density at radius 2 is 1.84 bits per heavy atom. The van der Waals surface area contributed by atoms with Gasteiger partial charge in [-0.25, -0.2) is 0 Å². The van der Waals surface area contributed by atoms with Crippen LogP contribution in [0.1, 0.15) is 51.2 Å². The quantitative estimate of drug-likeness (QED) is 0.834. The summed E-state index contributed by atoms with van der Waals surface area (Å²) in [5.74, 6) is 0. The van der Waals surface area contributed by atoms with Crippen LogP contribution in [0.25, 0.3) is 0 Å². The van der Waals surface area contributed by atoms with Gasteiger partial charge in [0.25, 0.3) is 0 Å². The third kappa shape index (κ3) is 4.90. The molecule has 19 heavy (non-hydrogen) atoms. The molecule has 0 heterocycles. The van der Waals surface area contributed by atoms with E-state index in [1.165, 1.54) is 31.2 Å². The molecular formula is C16H24BrNO. The van der Waals surface area contributed by atoms with Crippen molar-refractivity contribution >= 4 is 15.9 Å². The molecule has 0 spiro atoms. The van der Waals surface area contributed by atoms with Crippen LogP contribution in [0.15, 0.2) is 28.7 Å². The van der Waals surface area contributed by atoms with Crippen LogP contribution in [-0.2, 0) is 4.74 Å². The standard InChI is InChI=1S/C16H24BrNO/c1-12(2)18-11-16(19-15-5-3-4-6-15)13-7-9-14(17)10-8-13/h7-10,12,15-16,18H,3-6,11H2,1-2H3. The van der Waals surface area contributed by atoms with Gasteiger partial charge in [-0.3, -0.25) is 0 Å². The highest BCUT2D eigenvalue weighted by Crippen LogP contribution is 2.28. The molecule has 0 aliphatic heterocycles. The Hall–Kier alpha value is -0.380. The zero-order chi connectivity index (χ0) is 13.7. The van der Waals surface area contributed by atoms with E-state index in [-0.39, 0.29) is 6.10 Å². The first kappa shape index (κ1) is 15.0. The van der Waals surface area contributed by atoms with Gasteiger partial charge in [-0.05, 0) is 30.5 Å². The molecule has 1 aromatic rings. The largest absolute Gasteiger partial charge is 0.369 e. The second-order valence-electron chi connectivity index (χ2n) is 5.65.